The summed E-state index contributed by atoms with van der Waals surface area (Å²) in [6, 6.07) is 9.87. The molecule has 1 heterocycles. The molecule has 7 nitrogen and oxygen atoms in total. The number of aliphatic hydroxyl groups excluding tert-OH is 2. The number of carbonyl (C=O) groups is 1. The van der Waals surface area contributed by atoms with E-state index in [0.29, 0.717) is 24.6 Å². The Bertz CT molecular complexity index is 661. The van der Waals surface area contributed by atoms with Gasteiger partial charge >= 0.3 is 0 Å². The van der Waals surface area contributed by atoms with E-state index in [1.165, 1.54) is 0 Å². The molecule has 1 atom stereocenters. The van der Waals surface area contributed by atoms with Gasteiger partial charge in [-0.3, -0.25) is 4.79 Å². The average molecular weight is 389 g/mol. The predicted molar refractivity (Wildman–Crippen MR) is 109 cm³/mol. The van der Waals surface area contributed by atoms with Crippen LogP contribution in [0.5, 0.6) is 0 Å². The van der Waals surface area contributed by atoms with Crippen molar-refractivity contribution < 1.29 is 15.0 Å². The van der Waals surface area contributed by atoms with E-state index in [2.05, 4.69) is 21.6 Å². The van der Waals surface area contributed by atoms with E-state index in [4.69, 9.17) is 5.26 Å². The van der Waals surface area contributed by atoms with Crippen molar-refractivity contribution in [2.75, 3.05) is 44.2 Å². The summed E-state index contributed by atoms with van der Waals surface area (Å²) in [6.07, 6.45) is 0.981. The molecule has 2 rings (SSSR count). The van der Waals surface area contributed by atoms with Crippen LogP contribution in [0.15, 0.2) is 24.3 Å². The van der Waals surface area contributed by atoms with Gasteiger partial charge in [0.15, 0.2) is 0 Å². The fourth-order valence-corrected chi connectivity index (χ4v) is 3.26. The zero-order chi connectivity index (χ0) is 20.6. The van der Waals surface area contributed by atoms with Crippen molar-refractivity contribution in [2.45, 2.75) is 32.8 Å². The van der Waals surface area contributed by atoms with Crippen LogP contribution in [0.4, 0.5) is 5.69 Å². The molecular formula is C21H32N4O3. The molecule has 4 N–H and O–H groups in total. The second-order valence-electron chi connectivity index (χ2n) is 8.13. The molecule has 28 heavy (non-hydrogen) atoms. The van der Waals surface area contributed by atoms with Crippen LogP contribution < -0.4 is 15.5 Å². The molecule has 154 valence electrons. The van der Waals surface area contributed by atoms with Crippen LogP contribution in [0, 0.1) is 22.7 Å². The van der Waals surface area contributed by atoms with E-state index < -0.39 is 17.4 Å². The van der Waals surface area contributed by atoms with E-state index in [9.17, 15) is 15.0 Å². The van der Waals surface area contributed by atoms with Crippen LogP contribution >= 0.6 is 0 Å². The second kappa shape index (κ2) is 10.4. The fourth-order valence-electron chi connectivity index (χ4n) is 3.26. The Hall–Kier alpha value is -2.14. The number of anilines is 1. The molecule has 0 bridgehead atoms. The largest absolute Gasteiger partial charge is 0.396 e. The van der Waals surface area contributed by atoms with Gasteiger partial charge in [-0.1, -0.05) is 13.8 Å². The van der Waals surface area contributed by atoms with Crippen molar-refractivity contribution in [1.29, 1.82) is 5.26 Å². The number of carbonyl (C=O) groups excluding carboxylic acids is 1. The van der Waals surface area contributed by atoms with Crippen molar-refractivity contribution in [3.63, 3.8) is 0 Å². The third-order valence-electron chi connectivity index (χ3n) is 5.41. The lowest BCUT2D eigenvalue weighted by atomic mass is 9.87. The topological polar surface area (TPSA) is 109 Å². The van der Waals surface area contributed by atoms with Crippen LogP contribution in [-0.4, -0.2) is 61.6 Å². The van der Waals surface area contributed by atoms with Crippen molar-refractivity contribution in [1.82, 2.24) is 10.6 Å². The minimum absolute atomic E-state index is 0.249. The van der Waals surface area contributed by atoms with E-state index in [1.807, 2.05) is 24.3 Å². The van der Waals surface area contributed by atoms with Crippen LogP contribution in [0.3, 0.4) is 0 Å². The summed E-state index contributed by atoms with van der Waals surface area (Å²) in [4.78, 5) is 14.3. The smallest absolute Gasteiger partial charge is 0.249 e. The number of aliphatic hydroxyl groups is 2. The lowest BCUT2D eigenvalue weighted by Crippen LogP contribution is -2.47. The molecule has 1 amide bonds. The average Bonchev–Trinajstić information content (AvgIpc) is 2.73. The first kappa shape index (κ1) is 22.2. The highest BCUT2D eigenvalue weighted by atomic mass is 16.3. The first-order chi connectivity index (χ1) is 13.4. The number of piperidine rings is 1. The molecule has 1 aromatic rings. The second-order valence-corrected chi connectivity index (χ2v) is 8.13. The first-order valence-electron chi connectivity index (χ1n) is 9.90. The molecular weight excluding hydrogens is 356 g/mol. The van der Waals surface area contributed by atoms with Gasteiger partial charge in [0.05, 0.1) is 18.2 Å². The standard InChI is InChI=1S/C21H32N4O3/c1-21(2,15-26)19(27)20(28)24-10-9-23-14-17-7-11-25(12-8-17)18-5-3-16(13-22)4-6-18/h3-6,17,19,23,26-27H,7-12,14-15H2,1-2H3,(H,24,28). The zero-order valence-electron chi connectivity index (χ0n) is 16.8. The molecule has 1 aliphatic rings. The Morgan fingerprint density at radius 1 is 1.29 bits per heavy atom. The van der Waals surface area contributed by atoms with Crippen LogP contribution in [0.1, 0.15) is 32.3 Å². The number of amides is 1. The lowest BCUT2D eigenvalue weighted by molar-refractivity contribution is -0.137. The minimum atomic E-state index is -1.22. The molecule has 0 radical (unpaired) electrons. The molecule has 0 saturated carbocycles. The maximum atomic E-state index is 11.9. The highest BCUT2D eigenvalue weighted by Gasteiger charge is 2.32. The quantitative estimate of drug-likeness (QED) is 0.467. The summed E-state index contributed by atoms with van der Waals surface area (Å²) in [5.74, 6) is 0.154. The number of nitrogens with one attached hydrogen (secondary N) is 2. The highest BCUT2D eigenvalue weighted by Crippen LogP contribution is 2.23. The van der Waals surface area contributed by atoms with Crippen molar-refractivity contribution in [3.8, 4) is 6.07 Å². The highest BCUT2D eigenvalue weighted by molar-refractivity contribution is 5.81. The summed E-state index contributed by atoms with van der Waals surface area (Å²) in [7, 11) is 0. The molecule has 1 aromatic carbocycles. The third kappa shape index (κ3) is 6.20. The van der Waals surface area contributed by atoms with Crippen molar-refractivity contribution in [3.05, 3.63) is 29.8 Å². The summed E-state index contributed by atoms with van der Waals surface area (Å²) >= 11 is 0. The van der Waals surface area contributed by atoms with E-state index in [-0.39, 0.29) is 6.61 Å². The summed E-state index contributed by atoms with van der Waals surface area (Å²) in [6.45, 7) is 7.05. The van der Waals surface area contributed by atoms with E-state index in [1.54, 1.807) is 13.8 Å². The number of rotatable bonds is 9. The summed E-state index contributed by atoms with van der Waals surface area (Å²) in [5.41, 5.74) is 1.00. The SMILES string of the molecule is CC(C)(CO)C(O)C(=O)NCCNCC1CCN(c2ccc(C#N)cc2)CC1. The number of hydrogen-bond acceptors (Lipinski definition) is 6. The van der Waals surface area contributed by atoms with Crippen molar-refractivity contribution >= 4 is 11.6 Å². The summed E-state index contributed by atoms with van der Waals surface area (Å²) < 4.78 is 0. The Morgan fingerprint density at radius 3 is 2.50 bits per heavy atom. The maximum absolute atomic E-state index is 11.9. The molecule has 1 saturated heterocycles. The Labute approximate surface area is 167 Å². The van der Waals surface area contributed by atoms with Crippen LogP contribution in [-0.2, 0) is 4.79 Å². The van der Waals surface area contributed by atoms with E-state index in [0.717, 1.165) is 38.2 Å². The zero-order valence-corrected chi connectivity index (χ0v) is 16.8. The van der Waals surface area contributed by atoms with Crippen molar-refractivity contribution in [2.24, 2.45) is 11.3 Å². The molecule has 1 fully saturated rings. The van der Waals surface area contributed by atoms with Gasteiger partial charge < -0.3 is 25.7 Å². The number of hydrogen-bond donors (Lipinski definition) is 4. The number of nitriles is 1. The molecule has 1 aliphatic heterocycles. The minimum Gasteiger partial charge on any atom is -0.396 e. The van der Waals surface area contributed by atoms with Gasteiger partial charge in [0.2, 0.25) is 5.91 Å². The van der Waals surface area contributed by atoms with Gasteiger partial charge in [-0.25, -0.2) is 0 Å². The van der Waals surface area contributed by atoms with Gasteiger partial charge in [0.25, 0.3) is 0 Å². The van der Waals surface area contributed by atoms with Gasteiger partial charge in [0.1, 0.15) is 6.10 Å². The maximum Gasteiger partial charge on any atom is 0.249 e. The van der Waals surface area contributed by atoms with Gasteiger partial charge in [-0.05, 0) is 49.6 Å². The lowest BCUT2D eigenvalue weighted by Gasteiger charge is -2.33. The third-order valence-corrected chi connectivity index (χ3v) is 5.41. The van der Waals surface area contributed by atoms with Crippen LogP contribution in [0.2, 0.25) is 0 Å². The predicted octanol–water partition coefficient (Wildman–Crippen LogP) is 0.860. The normalized spacial score (nSPS) is 16.5. The fraction of sp³-hybridized carbons (Fsp3) is 0.619. The molecule has 1 unspecified atom stereocenters. The van der Waals surface area contributed by atoms with E-state index >= 15 is 0 Å². The van der Waals surface area contributed by atoms with Gasteiger partial charge in [-0.2, -0.15) is 5.26 Å². The molecule has 7 heteroatoms. The molecule has 0 spiro atoms. The van der Waals surface area contributed by atoms with Crippen LogP contribution in [0.25, 0.3) is 0 Å². The Kier molecular flexibility index (Phi) is 8.24. The molecule has 0 aliphatic carbocycles. The first-order valence-corrected chi connectivity index (χ1v) is 9.90. The monoisotopic (exact) mass is 388 g/mol. The summed E-state index contributed by atoms with van der Waals surface area (Å²) in [5, 5.41) is 34.1. The van der Waals surface area contributed by atoms with Gasteiger partial charge in [0, 0.05) is 37.3 Å². The Morgan fingerprint density at radius 2 is 1.93 bits per heavy atom. The number of benzene rings is 1. The molecule has 0 aromatic heterocycles. The Balaban J connectivity index is 1.61. The number of nitrogens with zero attached hydrogens (tertiary/aromatic N) is 2. The van der Waals surface area contributed by atoms with Gasteiger partial charge in [-0.15, -0.1) is 0 Å².